The predicted molar refractivity (Wildman–Crippen MR) is 179 cm³/mol. The van der Waals surface area contributed by atoms with E-state index >= 15 is 0 Å². The smallest absolute Gasteiger partial charge is 0.226 e. The van der Waals surface area contributed by atoms with E-state index in [1.54, 1.807) is 0 Å². The first-order chi connectivity index (χ1) is 19.5. The Morgan fingerprint density at radius 3 is 2.02 bits per heavy atom. The van der Waals surface area contributed by atoms with Crippen LogP contribution in [-0.4, -0.2) is 65.3 Å². The van der Waals surface area contributed by atoms with Crippen LogP contribution < -0.4 is 16.4 Å². The number of aliphatic imine (C=N–C) groups is 1. The Balaban J connectivity index is 1.67. The zero-order chi connectivity index (χ0) is 32.0. The van der Waals surface area contributed by atoms with Crippen LogP contribution in [0.5, 0.6) is 0 Å². The minimum atomic E-state index is -0.631. The molecular weight excluding hydrogens is 532 g/mol. The first kappa shape index (κ1) is 32.7. The number of piperidine rings is 2. The highest BCUT2D eigenvalue weighted by atomic mass is 15.4. The van der Waals surface area contributed by atoms with Crippen LogP contribution >= 0.6 is 0 Å². The van der Waals surface area contributed by atoms with E-state index < -0.39 is 5.54 Å². The van der Waals surface area contributed by atoms with Gasteiger partial charge in [0.1, 0.15) is 0 Å². The minimum absolute atomic E-state index is 0.0160. The van der Waals surface area contributed by atoms with Crippen LogP contribution in [0.25, 0.3) is 0 Å². The average Bonchev–Trinajstić information content (AvgIpc) is 2.79. The highest BCUT2D eigenvalue weighted by Gasteiger charge is 2.67. The molecular formula is C35H62N8. The van der Waals surface area contributed by atoms with Gasteiger partial charge in [0, 0.05) is 39.4 Å². The lowest BCUT2D eigenvalue weighted by molar-refractivity contribution is -0.124. The number of rotatable bonds is 4. The molecule has 3 unspecified atom stereocenters. The number of nitrogens with two attached hydrogens (primary N) is 1. The molecule has 1 spiro atoms. The molecule has 3 fully saturated rings. The molecule has 0 amide bonds. The molecule has 1 aromatic heterocycles. The van der Waals surface area contributed by atoms with Crippen molar-refractivity contribution < 1.29 is 0 Å². The van der Waals surface area contributed by atoms with Gasteiger partial charge in [-0.2, -0.15) is 9.97 Å². The highest BCUT2D eigenvalue weighted by molar-refractivity contribution is 5.98. The SMILES string of the molecule is CC(C)(C)CC(C)(C)Nc1nc2nc(n1)C21C(=NC2CC(C)(C)NC(C)(C)C2)CCCCC2C(N)CC(C)(C)N1C2(C)C. The summed E-state index contributed by atoms with van der Waals surface area (Å²) < 4.78 is 0. The fraction of sp³-hybridized carbons (Fsp3) is 0.886. The number of nitrogens with one attached hydrogen (secondary N) is 2. The normalized spacial score (nSPS) is 32.0. The Labute approximate surface area is 262 Å². The molecule has 6 rings (SSSR count). The summed E-state index contributed by atoms with van der Waals surface area (Å²) in [5.41, 5.74) is 7.27. The van der Waals surface area contributed by atoms with E-state index in [9.17, 15) is 0 Å². The number of hydrogen-bond acceptors (Lipinski definition) is 8. The number of nitrogens with zero attached hydrogens (tertiary/aromatic N) is 5. The molecule has 242 valence electrons. The van der Waals surface area contributed by atoms with Crippen molar-refractivity contribution in [2.75, 3.05) is 5.32 Å². The summed E-state index contributed by atoms with van der Waals surface area (Å²) >= 11 is 0. The maximum atomic E-state index is 7.00. The van der Waals surface area contributed by atoms with E-state index in [1.807, 2.05) is 0 Å². The fourth-order valence-corrected chi connectivity index (χ4v) is 10.4. The van der Waals surface area contributed by atoms with E-state index in [4.69, 9.17) is 25.7 Å². The van der Waals surface area contributed by atoms with Gasteiger partial charge in [0.2, 0.25) is 5.95 Å². The fourth-order valence-electron chi connectivity index (χ4n) is 10.4. The molecule has 0 aromatic carbocycles. The van der Waals surface area contributed by atoms with Gasteiger partial charge in [0.15, 0.2) is 17.2 Å². The van der Waals surface area contributed by atoms with E-state index in [2.05, 4.69) is 106 Å². The molecule has 1 aromatic rings. The lowest BCUT2D eigenvalue weighted by atomic mass is 9.64. The molecule has 4 bridgehead atoms. The predicted octanol–water partition coefficient (Wildman–Crippen LogP) is 6.59. The van der Waals surface area contributed by atoms with Crippen molar-refractivity contribution in [2.45, 2.75) is 187 Å². The van der Waals surface area contributed by atoms with E-state index in [1.165, 1.54) is 5.71 Å². The summed E-state index contributed by atoms with van der Waals surface area (Å²) in [4.78, 5) is 24.0. The summed E-state index contributed by atoms with van der Waals surface area (Å²) in [5.74, 6) is 2.78. The Bertz CT molecular complexity index is 1210. The quantitative estimate of drug-likeness (QED) is 0.361. The molecule has 5 aliphatic rings. The second kappa shape index (κ2) is 10.2. The van der Waals surface area contributed by atoms with E-state index in [0.717, 1.165) is 63.0 Å². The first-order valence-electron chi connectivity index (χ1n) is 17.0. The van der Waals surface area contributed by atoms with Gasteiger partial charge < -0.3 is 16.4 Å². The van der Waals surface area contributed by atoms with Crippen LogP contribution in [-0.2, 0) is 5.54 Å². The highest BCUT2D eigenvalue weighted by Crippen LogP contribution is 2.56. The van der Waals surface area contributed by atoms with Gasteiger partial charge >= 0.3 is 0 Å². The van der Waals surface area contributed by atoms with Crippen LogP contribution in [0.3, 0.4) is 0 Å². The molecule has 43 heavy (non-hydrogen) atoms. The van der Waals surface area contributed by atoms with Gasteiger partial charge in [0.05, 0.1) is 6.04 Å². The zero-order valence-electron chi connectivity index (χ0n) is 29.7. The average molecular weight is 595 g/mol. The van der Waals surface area contributed by atoms with Crippen LogP contribution in [0.1, 0.15) is 153 Å². The van der Waals surface area contributed by atoms with Gasteiger partial charge in [-0.05, 0) is 126 Å². The molecule has 3 atom stereocenters. The number of hydrogen-bond donors (Lipinski definition) is 3. The van der Waals surface area contributed by atoms with Crippen molar-refractivity contribution in [1.29, 1.82) is 0 Å². The molecule has 5 aliphatic heterocycles. The van der Waals surface area contributed by atoms with Gasteiger partial charge in [-0.15, -0.1) is 0 Å². The lowest BCUT2D eigenvalue weighted by Crippen LogP contribution is -2.77. The molecule has 0 saturated carbocycles. The third-order valence-corrected chi connectivity index (χ3v) is 10.5. The third kappa shape index (κ3) is 6.02. The first-order valence-corrected chi connectivity index (χ1v) is 17.0. The van der Waals surface area contributed by atoms with Crippen LogP contribution in [0.15, 0.2) is 4.99 Å². The van der Waals surface area contributed by atoms with Crippen molar-refractivity contribution >= 4 is 11.7 Å². The molecule has 3 saturated heterocycles. The van der Waals surface area contributed by atoms with Crippen LogP contribution in [0, 0.1) is 11.3 Å². The second-order valence-corrected chi connectivity index (χ2v) is 18.8. The summed E-state index contributed by atoms with van der Waals surface area (Å²) in [7, 11) is 0. The van der Waals surface area contributed by atoms with E-state index in [-0.39, 0.29) is 45.2 Å². The van der Waals surface area contributed by atoms with Gasteiger partial charge in [-0.3, -0.25) is 9.89 Å². The standard InChI is InChI=1S/C35H62N8/c1-29(2,3)21-32(8,9)41-28-39-26-35(27(38-26)40-28)25(37-22-18-30(4,5)42-31(6,7)19-22)17-15-14-16-23-24(36)20-33(10,11)43(35)34(23,12)13/h22-24,42H,14-21,36H2,1-13H3,(H,38,39,40,41). The third-order valence-electron chi connectivity index (χ3n) is 10.5. The van der Waals surface area contributed by atoms with Crippen LogP contribution in [0.2, 0.25) is 0 Å². The Kier molecular flexibility index (Phi) is 7.75. The second-order valence-electron chi connectivity index (χ2n) is 18.8. The van der Waals surface area contributed by atoms with Crippen molar-refractivity contribution in [2.24, 2.45) is 22.1 Å². The Morgan fingerprint density at radius 2 is 1.47 bits per heavy atom. The summed E-state index contributed by atoms with van der Waals surface area (Å²) in [6, 6.07) is 0.383. The molecule has 8 nitrogen and oxygen atoms in total. The van der Waals surface area contributed by atoms with Crippen molar-refractivity contribution in [1.82, 2.24) is 25.2 Å². The zero-order valence-corrected chi connectivity index (χ0v) is 29.7. The maximum absolute atomic E-state index is 7.00. The molecule has 0 aliphatic carbocycles. The van der Waals surface area contributed by atoms with Crippen molar-refractivity contribution in [3.05, 3.63) is 11.6 Å². The lowest BCUT2D eigenvalue weighted by Gasteiger charge is -2.65. The molecule has 0 radical (unpaired) electrons. The maximum Gasteiger partial charge on any atom is 0.226 e. The summed E-state index contributed by atoms with van der Waals surface area (Å²) in [6.07, 6.45) is 8.26. The van der Waals surface area contributed by atoms with Gasteiger partial charge in [-0.1, -0.05) is 27.2 Å². The summed E-state index contributed by atoms with van der Waals surface area (Å²) in [5, 5.41) is 7.55. The van der Waals surface area contributed by atoms with Crippen molar-refractivity contribution in [3.8, 4) is 0 Å². The van der Waals surface area contributed by atoms with Crippen LogP contribution in [0.4, 0.5) is 5.95 Å². The topological polar surface area (TPSA) is 104 Å². The Hall–Kier alpha value is -1.64. The van der Waals surface area contributed by atoms with Gasteiger partial charge in [-0.25, -0.2) is 4.98 Å². The number of aromatic nitrogens is 3. The molecule has 8 heteroatoms. The minimum Gasteiger partial charge on any atom is -0.349 e. The van der Waals surface area contributed by atoms with Gasteiger partial charge in [0.25, 0.3) is 0 Å². The summed E-state index contributed by atoms with van der Waals surface area (Å²) in [6.45, 7) is 30.2. The Morgan fingerprint density at radius 1 is 0.884 bits per heavy atom. The largest absolute Gasteiger partial charge is 0.349 e. The molecule has 4 N–H and O–H groups in total. The monoisotopic (exact) mass is 595 g/mol. The van der Waals surface area contributed by atoms with E-state index in [0.29, 0.717) is 11.9 Å². The molecule has 6 heterocycles. The number of anilines is 1. The van der Waals surface area contributed by atoms with Crippen molar-refractivity contribution in [3.63, 3.8) is 0 Å². The number of fused-ring (bicyclic) bond motifs is 4.